The van der Waals surface area contributed by atoms with Gasteiger partial charge >= 0.3 is 12.3 Å². The lowest BCUT2D eigenvalue weighted by Crippen LogP contribution is -2.56. The zero-order chi connectivity index (χ0) is 19.7. The molecule has 1 aliphatic heterocycles. The number of nitrogens with zero attached hydrogens (tertiary/aromatic N) is 1. The number of fused-ring (bicyclic) bond motifs is 1. The highest BCUT2D eigenvalue weighted by Gasteiger charge is 2.62. The van der Waals surface area contributed by atoms with Gasteiger partial charge in [-0.1, -0.05) is 17.7 Å². The van der Waals surface area contributed by atoms with Gasteiger partial charge in [0.05, 0.1) is 18.7 Å². The van der Waals surface area contributed by atoms with Gasteiger partial charge in [0, 0.05) is 22.5 Å². The van der Waals surface area contributed by atoms with E-state index < -0.39 is 30.3 Å². The third-order valence-electron chi connectivity index (χ3n) is 3.98. The lowest BCUT2D eigenvalue weighted by atomic mass is 9.89. The van der Waals surface area contributed by atoms with E-state index in [4.69, 9.17) is 11.6 Å². The summed E-state index contributed by atoms with van der Waals surface area (Å²) in [6.45, 7) is -0.997. The molecule has 1 aromatic carbocycles. The van der Waals surface area contributed by atoms with Crippen LogP contribution in [-0.2, 0) is 21.6 Å². The van der Waals surface area contributed by atoms with Gasteiger partial charge < -0.3 is 10.1 Å². The Morgan fingerprint density at radius 3 is 2.74 bits per heavy atom. The Bertz CT molecular complexity index is 877. The number of cyclic esters (lactones) is 1. The number of hydrogen-bond donors (Lipinski definition) is 2. The molecule has 0 spiro atoms. The normalized spacial score (nSPS) is 18.9. The number of pyridine rings is 1. The van der Waals surface area contributed by atoms with Gasteiger partial charge in [0.15, 0.2) is 0 Å². The van der Waals surface area contributed by atoms with Crippen LogP contribution in [-0.4, -0.2) is 29.7 Å². The molecule has 0 aliphatic carbocycles. The second kappa shape index (κ2) is 7.07. The molecule has 1 aromatic heterocycles. The minimum atomic E-state index is -5.00. The molecule has 2 amide bonds. The zero-order valence-corrected chi connectivity index (χ0v) is 14.4. The number of carbonyl (C=O) groups excluding carboxylic acids is 2. The smallest absolute Gasteiger partial charge is 0.426 e. The second-order valence-corrected chi connectivity index (χ2v) is 6.24. The number of amides is 2. The summed E-state index contributed by atoms with van der Waals surface area (Å²) in [4.78, 5) is 27.7. The fourth-order valence-electron chi connectivity index (χ4n) is 2.70. The SMILES string of the molecule is O=C(Cc1ccccn1)NCC1(C(F)(F)F)OC(=O)Nc2ccc(Cl)cc21. The maximum atomic E-state index is 13.9. The van der Waals surface area contributed by atoms with Crippen molar-refractivity contribution in [2.75, 3.05) is 11.9 Å². The van der Waals surface area contributed by atoms with E-state index >= 15 is 0 Å². The lowest BCUT2D eigenvalue weighted by Gasteiger charge is -2.39. The van der Waals surface area contributed by atoms with Gasteiger partial charge in [0.25, 0.3) is 5.60 Å². The highest BCUT2D eigenvalue weighted by atomic mass is 35.5. The van der Waals surface area contributed by atoms with Crippen molar-refractivity contribution >= 4 is 29.3 Å². The number of nitrogens with one attached hydrogen (secondary N) is 2. The van der Waals surface area contributed by atoms with E-state index in [2.05, 4.69) is 20.4 Å². The maximum Gasteiger partial charge on any atom is 0.434 e. The Morgan fingerprint density at radius 2 is 2.07 bits per heavy atom. The van der Waals surface area contributed by atoms with E-state index in [1.807, 2.05) is 0 Å². The fourth-order valence-corrected chi connectivity index (χ4v) is 2.88. The van der Waals surface area contributed by atoms with E-state index in [0.717, 1.165) is 6.07 Å². The highest BCUT2D eigenvalue weighted by molar-refractivity contribution is 6.30. The first-order chi connectivity index (χ1) is 12.7. The summed E-state index contributed by atoms with van der Waals surface area (Å²) in [6, 6.07) is 8.50. The molecule has 2 heterocycles. The minimum Gasteiger partial charge on any atom is -0.426 e. The Labute approximate surface area is 156 Å². The minimum absolute atomic E-state index is 0.0296. The molecule has 0 saturated carbocycles. The predicted octanol–water partition coefficient (Wildman–Crippen LogP) is 3.41. The molecule has 27 heavy (non-hydrogen) atoms. The van der Waals surface area contributed by atoms with Crippen LogP contribution in [0.5, 0.6) is 0 Å². The number of aromatic nitrogens is 1. The molecule has 142 valence electrons. The largest absolute Gasteiger partial charge is 0.434 e. The molecule has 0 saturated heterocycles. The van der Waals surface area contributed by atoms with Crippen LogP contribution in [0.4, 0.5) is 23.7 Å². The Balaban J connectivity index is 1.90. The number of halogens is 4. The van der Waals surface area contributed by atoms with Gasteiger partial charge in [-0.2, -0.15) is 13.2 Å². The van der Waals surface area contributed by atoms with Gasteiger partial charge in [-0.3, -0.25) is 15.1 Å². The van der Waals surface area contributed by atoms with Gasteiger partial charge in [-0.15, -0.1) is 0 Å². The molecule has 10 heteroatoms. The summed E-state index contributed by atoms with van der Waals surface area (Å²) in [5.74, 6) is -0.699. The molecule has 0 fully saturated rings. The van der Waals surface area contributed by atoms with Crippen molar-refractivity contribution in [2.45, 2.75) is 18.2 Å². The molecular weight excluding hydrogens is 387 g/mol. The van der Waals surface area contributed by atoms with Gasteiger partial charge in [0.1, 0.15) is 0 Å². The van der Waals surface area contributed by atoms with Crippen molar-refractivity contribution < 1.29 is 27.5 Å². The molecule has 2 N–H and O–H groups in total. The number of rotatable bonds is 4. The first-order valence-electron chi connectivity index (χ1n) is 7.75. The van der Waals surface area contributed by atoms with Crippen LogP contribution in [0, 0.1) is 0 Å². The summed E-state index contributed by atoms with van der Waals surface area (Å²) in [7, 11) is 0. The zero-order valence-electron chi connectivity index (χ0n) is 13.6. The van der Waals surface area contributed by atoms with Crippen molar-refractivity contribution in [2.24, 2.45) is 0 Å². The van der Waals surface area contributed by atoms with Crippen LogP contribution in [0.15, 0.2) is 42.6 Å². The van der Waals surface area contributed by atoms with Gasteiger partial charge in [-0.25, -0.2) is 4.79 Å². The molecule has 0 bridgehead atoms. The van der Waals surface area contributed by atoms with E-state index in [9.17, 15) is 22.8 Å². The van der Waals surface area contributed by atoms with E-state index in [1.165, 1.54) is 18.3 Å². The summed E-state index contributed by atoms with van der Waals surface area (Å²) in [5.41, 5.74) is -3.15. The number of ether oxygens (including phenoxy) is 1. The van der Waals surface area contributed by atoms with E-state index in [1.54, 1.807) is 18.2 Å². The summed E-state index contributed by atoms with van der Waals surface area (Å²) in [6.07, 6.45) is -5.03. The second-order valence-electron chi connectivity index (χ2n) is 5.80. The maximum absolute atomic E-state index is 13.9. The summed E-state index contributed by atoms with van der Waals surface area (Å²) >= 11 is 5.83. The number of alkyl halides is 3. The summed E-state index contributed by atoms with van der Waals surface area (Å²) in [5, 5.41) is 4.41. The van der Waals surface area contributed by atoms with Gasteiger partial charge in [0.2, 0.25) is 5.91 Å². The van der Waals surface area contributed by atoms with Crippen LogP contribution in [0.3, 0.4) is 0 Å². The fraction of sp³-hybridized carbons (Fsp3) is 0.235. The molecule has 1 atom stereocenters. The van der Waals surface area contributed by atoms with E-state index in [0.29, 0.717) is 5.69 Å². The first-order valence-corrected chi connectivity index (χ1v) is 8.12. The number of benzene rings is 1. The Kier molecular flexibility index (Phi) is 4.97. The standard InChI is InChI=1S/C17H13ClF3N3O3/c18-10-4-5-13-12(7-10)16(17(19,20)21,27-15(26)24-13)9-23-14(25)8-11-3-1-2-6-22-11/h1-7H,8-9H2,(H,23,25)(H,24,26). The average Bonchev–Trinajstić information content (AvgIpc) is 2.60. The molecule has 2 aromatic rings. The Hall–Kier alpha value is -2.81. The quantitative estimate of drug-likeness (QED) is 0.825. The van der Waals surface area contributed by atoms with Crippen LogP contribution in [0.2, 0.25) is 5.02 Å². The third kappa shape index (κ3) is 3.82. The lowest BCUT2D eigenvalue weighted by molar-refractivity contribution is -0.262. The third-order valence-corrected chi connectivity index (χ3v) is 4.22. The van der Waals surface area contributed by atoms with Crippen molar-refractivity contribution in [3.8, 4) is 0 Å². The predicted molar refractivity (Wildman–Crippen MR) is 90.2 cm³/mol. The monoisotopic (exact) mass is 399 g/mol. The van der Waals surface area contributed by atoms with Gasteiger partial charge in [-0.05, 0) is 30.3 Å². The number of carbonyl (C=O) groups is 2. The van der Waals surface area contributed by atoms with Crippen LogP contribution < -0.4 is 10.6 Å². The Morgan fingerprint density at radius 1 is 1.30 bits per heavy atom. The van der Waals surface area contributed by atoms with Crippen LogP contribution in [0.1, 0.15) is 11.3 Å². The highest BCUT2D eigenvalue weighted by Crippen LogP contribution is 2.47. The van der Waals surface area contributed by atoms with E-state index in [-0.39, 0.29) is 22.7 Å². The number of hydrogen-bond acceptors (Lipinski definition) is 4. The molecule has 6 nitrogen and oxygen atoms in total. The molecular formula is C17H13ClF3N3O3. The van der Waals surface area contributed by atoms with Crippen molar-refractivity contribution in [1.82, 2.24) is 10.3 Å². The average molecular weight is 400 g/mol. The molecule has 1 aliphatic rings. The van der Waals surface area contributed by atoms with Crippen LogP contribution >= 0.6 is 11.6 Å². The molecule has 1 unspecified atom stereocenters. The van der Waals surface area contributed by atoms with Crippen molar-refractivity contribution in [3.63, 3.8) is 0 Å². The van der Waals surface area contributed by atoms with Crippen molar-refractivity contribution in [1.29, 1.82) is 0 Å². The molecule has 0 radical (unpaired) electrons. The topological polar surface area (TPSA) is 80.3 Å². The van der Waals surface area contributed by atoms with Crippen LogP contribution in [0.25, 0.3) is 0 Å². The summed E-state index contributed by atoms with van der Waals surface area (Å²) < 4.78 is 46.5. The van der Waals surface area contributed by atoms with Crippen molar-refractivity contribution in [3.05, 3.63) is 58.9 Å². The molecule has 3 rings (SSSR count). The first kappa shape index (κ1) is 19.0. The number of anilines is 1.